The summed E-state index contributed by atoms with van der Waals surface area (Å²) in [7, 11) is 0. The number of likely N-dealkylation sites (N-methyl/N-ethyl adjacent to an activating group) is 1. The molecule has 1 unspecified atom stereocenters. The van der Waals surface area contributed by atoms with Gasteiger partial charge >= 0.3 is 0 Å². The van der Waals surface area contributed by atoms with Crippen molar-refractivity contribution < 1.29 is 5.11 Å². The lowest BCUT2D eigenvalue weighted by Crippen LogP contribution is -2.45. The molecule has 1 aliphatic rings. The molecule has 6 nitrogen and oxygen atoms in total. The van der Waals surface area contributed by atoms with Gasteiger partial charge in [0.1, 0.15) is 12.1 Å². The Morgan fingerprint density at radius 2 is 1.68 bits per heavy atom. The number of fused-ring (bicyclic) bond motifs is 1. The first-order chi connectivity index (χ1) is 16.5. The van der Waals surface area contributed by atoms with Crippen LogP contribution in [-0.4, -0.2) is 57.6 Å². The first kappa shape index (κ1) is 23.1. The minimum Gasteiger partial charge on any atom is -0.371 e. The van der Waals surface area contributed by atoms with E-state index in [4.69, 9.17) is 5.73 Å². The summed E-state index contributed by atoms with van der Waals surface area (Å²) in [6, 6.07) is 20.3. The highest BCUT2D eigenvalue weighted by Crippen LogP contribution is 2.35. The molecule has 0 amide bonds. The summed E-state index contributed by atoms with van der Waals surface area (Å²) in [5, 5.41) is 10.9. The summed E-state index contributed by atoms with van der Waals surface area (Å²) in [6.45, 7) is 8.93. The number of nitrogens with two attached hydrogens (primary N) is 1. The van der Waals surface area contributed by atoms with E-state index in [1.165, 1.54) is 11.1 Å². The van der Waals surface area contributed by atoms with Gasteiger partial charge in [-0.2, -0.15) is 0 Å². The summed E-state index contributed by atoms with van der Waals surface area (Å²) >= 11 is 1.65. The third kappa shape index (κ3) is 5.04. The number of hydrogen-bond acceptors (Lipinski definition) is 7. The minimum atomic E-state index is -1.49. The normalized spacial score (nSPS) is 17.1. The van der Waals surface area contributed by atoms with E-state index in [0.29, 0.717) is 5.56 Å². The molecule has 2 aromatic heterocycles. The maximum Gasteiger partial charge on any atom is 0.145 e. The highest BCUT2D eigenvalue weighted by atomic mass is 32.1. The molecule has 4 aromatic rings. The van der Waals surface area contributed by atoms with Gasteiger partial charge in [0.25, 0.3) is 0 Å². The molecule has 3 heterocycles. The van der Waals surface area contributed by atoms with Crippen molar-refractivity contribution in [2.24, 2.45) is 5.73 Å². The van der Waals surface area contributed by atoms with E-state index in [1.54, 1.807) is 17.7 Å². The lowest BCUT2D eigenvalue weighted by Gasteiger charge is -2.34. The van der Waals surface area contributed by atoms with Gasteiger partial charge in [0.15, 0.2) is 0 Å². The van der Waals surface area contributed by atoms with Crippen molar-refractivity contribution in [2.75, 3.05) is 32.7 Å². The maximum absolute atomic E-state index is 10.9. The molecule has 34 heavy (non-hydrogen) atoms. The minimum absolute atomic E-state index is 0.222. The Balaban J connectivity index is 1.33. The second kappa shape index (κ2) is 9.90. The Morgan fingerprint density at radius 3 is 2.38 bits per heavy atom. The first-order valence-corrected chi connectivity index (χ1v) is 12.7. The zero-order valence-electron chi connectivity index (χ0n) is 19.5. The van der Waals surface area contributed by atoms with Gasteiger partial charge in [0, 0.05) is 44.0 Å². The molecule has 1 atom stereocenters. The van der Waals surface area contributed by atoms with Gasteiger partial charge in [-0.1, -0.05) is 61.5 Å². The third-order valence-corrected chi connectivity index (χ3v) is 7.87. The van der Waals surface area contributed by atoms with E-state index >= 15 is 0 Å². The van der Waals surface area contributed by atoms with Crippen LogP contribution in [0.2, 0.25) is 0 Å². The molecule has 7 heteroatoms. The standard InChI is InChI=1S/C27H31N5OS/c1-2-31-12-14-32(15-13-31)18-20-8-10-21(11-9-20)25-16-23-26(34-25)24(30-19-29-23)17-27(28,33)22-6-4-3-5-7-22/h3-11,16,19,33H,2,12-15,17-18,28H2,1H3. The van der Waals surface area contributed by atoms with Gasteiger partial charge in [-0.05, 0) is 29.3 Å². The second-order valence-electron chi connectivity index (χ2n) is 9.02. The van der Waals surface area contributed by atoms with Crippen LogP contribution in [-0.2, 0) is 18.7 Å². The lowest BCUT2D eigenvalue weighted by atomic mass is 9.98. The molecule has 3 N–H and O–H groups in total. The number of piperazine rings is 1. The number of aliphatic hydroxyl groups is 1. The molecule has 0 radical (unpaired) electrons. The largest absolute Gasteiger partial charge is 0.371 e. The van der Waals surface area contributed by atoms with Gasteiger partial charge in [0.05, 0.1) is 15.9 Å². The molecular weight excluding hydrogens is 442 g/mol. The molecule has 1 saturated heterocycles. The van der Waals surface area contributed by atoms with E-state index in [1.807, 2.05) is 30.3 Å². The molecule has 1 fully saturated rings. The first-order valence-electron chi connectivity index (χ1n) is 11.9. The third-order valence-electron chi connectivity index (χ3n) is 6.65. The number of rotatable bonds is 7. The van der Waals surface area contributed by atoms with E-state index in [0.717, 1.165) is 60.1 Å². The van der Waals surface area contributed by atoms with Crippen LogP contribution in [0.1, 0.15) is 23.7 Å². The number of aromatic nitrogens is 2. The average molecular weight is 474 g/mol. The average Bonchev–Trinajstić information content (AvgIpc) is 3.31. The summed E-state index contributed by atoms with van der Waals surface area (Å²) in [5.41, 5.74) is 9.61. The highest BCUT2D eigenvalue weighted by molar-refractivity contribution is 7.22. The van der Waals surface area contributed by atoms with Crippen LogP contribution < -0.4 is 5.73 Å². The topological polar surface area (TPSA) is 78.5 Å². The van der Waals surface area contributed by atoms with Crippen LogP contribution in [0.15, 0.2) is 67.0 Å². The van der Waals surface area contributed by atoms with Crippen LogP contribution in [0.3, 0.4) is 0 Å². The van der Waals surface area contributed by atoms with Crippen molar-refractivity contribution in [3.8, 4) is 10.4 Å². The van der Waals surface area contributed by atoms with Crippen molar-refractivity contribution in [3.63, 3.8) is 0 Å². The van der Waals surface area contributed by atoms with Gasteiger partial charge in [0.2, 0.25) is 0 Å². The zero-order chi connectivity index (χ0) is 23.5. The molecule has 5 rings (SSSR count). The van der Waals surface area contributed by atoms with E-state index in [-0.39, 0.29) is 6.42 Å². The summed E-state index contributed by atoms with van der Waals surface area (Å²) in [6.07, 6.45) is 1.77. The summed E-state index contributed by atoms with van der Waals surface area (Å²) in [5.74, 6) is 0. The van der Waals surface area contributed by atoms with Crippen molar-refractivity contribution in [1.29, 1.82) is 0 Å². The Bertz CT molecular complexity index is 1230. The van der Waals surface area contributed by atoms with Crippen LogP contribution in [0, 0.1) is 0 Å². The molecule has 0 aliphatic carbocycles. The molecule has 0 bridgehead atoms. The SMILES string of the molecule is CCN1CCN(Cc2ccc(-c3cc4ncnc(CC(N)(O)c5ccccc5)c4s3)cc2)CC1. The summed E-state index contributed by atoms with van der Waals surface area (Å²) < 4.78 is 0.968. The predicted molar refractivity (Wildman–Crippen MR) is 138 cm³/mol. The Morgan fingerprint density at radius 1 is 0.971 bits per heavy atom. The molecule has 176 valence electrons. The molecule has 2 aromatic carbocycles. The van der Waals surface area contributed by atoms with E-state index in [9.17, 15) is 5.11 Å². The fourth-order valence-electron chi connectivity index (χ4n) is 4.55. The van der Waals surface area contributed by atoms with Gasteiger partial charge in [-0.25, -0.2) is 9.97 Å². The van der Waals surface area contributed by atoms with Gasteiger partial charge < -0.3 is 10.0 Å². The Hall–Kier alpha value is -2.68. The van der Waals surface area contributed by atoms with Crippen molar-refractivity contribution >= 4 is 21.6 Å². The number of hydrogen-bond donors (Lipinski definition) is 2. The van der Waals surface area contributed by atoms with Crippen LogP contribution in [0.4, 0.5) is 0 Å². The molecule has 0 saturated carbocycles. The smallest absolute Gasteiger partial charge is 0.145 e. The molecule has 1 aliphatic heterocycles. The maximum atomic E-state index is 10.9. The van der Waals surface area contributed by atoms with Crippen LogP contribution >= 0.6 is 11.3 Å². The van der Waals surface area contributed by atoms with Crippen LogP contribution in [0.25, 0.3) is 20.7 Å². The number of benzene rings is 2. The van der Waals surface area contributed by atoms with Crippen molar-refractivity contribution in [3.05, 3.63) is 83.8 Å². The number of nitrogens with zero attached hydrogens (tertiary/aromatic N) is 4. The van der Waals surface area contributed by atoms with E-state index < -0.39 is 5.72 Å². The molecule has 0 spiro atoms. The van der Waals surface area contributed by atoms with Gasteiger partial charge in [-0.3, -0.25) is 10.6 Å². The van der Waals surface area contributed by atoms with Crippen molar-refractivity contribution in [2.45, 2.75) is 25.6 Å². The fourth-order valence-corrected chi connectivity index (χ4v) is 5.66. The van der Waals surface area contributed by atoms with Crippen LogP contribution in [0.5, 0.6) is 0 Å². The highest BCUT2D eigenvalue weighted by Gasteiger charge is 2.26. The second-order valence-corrected chi connectivity index (χ2v) is 10.1. The van der Waals surface area contributed by atoms with Crippen molar-refractivity contribution in [1.82, 2.24) is 19.8 Å². The quantitative estimate of drug-likeness (QED) is 0.397. The molecular formula is C27H31N5OS. The van der Waals surface area contributed by atoms with Gasteiger partial charge in [-0.15, -0.1) is 11.3 Å². The zero-order valence-corrected chi connectivity index (χ0v) is 20.3. The summed E-state index contributed by atoms with van der Waals surface area (Å²) in [4.78, 5) is 15.1. The van der Waals surface area contributed by atoms with E-state index in [2.05, 4.69) is 57.0 Å². The fraction of sp³-hybridized carbons (Fsp3) is 0.333. The Kier molecular flexibility index (Phi) is 6.72. The number of thiophene rings is 1. The predicted octanol–water partition coefficient (Wildman–Crippen LogP) is 3.84. The lowest BCUT2D eigenvalue weighted by molar-refractivity contribution is 0.0433. The monoisotopic (exact) mass is 473 g/mol. The Labute approximate surface area is 204 Å².